The molecular formula is C9H10F3N. The van der Waals surface area contributed by atoms with Crippen molar-refractivity contribution in [2.45, 2.75) is 19.4 Å². The Kier molecular flexibility index (Phi) is 2.93. The van der Waals surface area contributed by atoms with E-state index in [0.717, 1.165) is 0 Å². The van der Waals surface area contributed by atoms with Gasteiger partial charge in [0.1, 0.15) is 17.5 Å². The predicted octanol–water partition coefficient (Wildman–Crippen LogP) is 2.51. The summed E-state index contributed by atoms with van der Waals surface area (Å²) in [4.78, 5) is 0. The largest absolute Gasteiger partial charge is 0.324 e. The van der Waals surface area contributed by atoms with E-state index >= 15 is 0 Å². The first-order valence-corrected chi connectivity index (χ1v) is 3.96. The highest BCUT2D eigenvalue weighted by Gasteiger charge is 2.16. The molecule has 0 amide bonds. The van der Waals surface area contributed by atoms with Crippen molar-refractivity contribution in [3.05, 3.63) is 35.1 Å². The molecule has 0 aliphatic heterocycles. The lowest BCUT2D eigenvalue weighted by molar-refractivity contribution is 0.499. The first-order valence-electron chi connectivity index (χ1n) is 3.96. The van der Waals surface area contributed by atoms with Gasteiger partial charge in [-0.3, -0.25) is 0 Å². The molecule has 0 bridgehead atoms. The van der Waals surface area contributed by atoms with Gasteiger partial charge in [-0.2, -0.15) is 0 Å². The van der Waals surface area contributed by atoms with Gasteiger partial charge in [0.15, 0.2) is 0 Å². The molecule has 1 rings (SSSR count). The second-order valence-electron chi connectivity index (χ2n) is 2.80. The molecule has 1 nitrogen and oxygen atoms in total. The lowest BCUT2D eigenvalue weighted by atomic mass is 10.0. The molecule has 0 heterocycles. The van der Waals surface area contributed by atoms with Crippen LogP contribution in [-0.2, 0) is 0 Å². The van der Waals surface area contributed by atoms with Crippen molar-refractivity contribution in [1.29, 1.82) is 0 Å². The Balaban J connectivity index is 3.20. The second kappa shape index (κ2) is 3.79. The minimum atomic E-state index is -0.929. The van der Waals surface area contributed by atoms with Gasteiger partial charge in [0.2, 0.25) is 0 Å². The van der Waals surface area contributed by atoms with Crippen LogP contribution < -0.4 is 5.73 Å². The molecule has 0 aliphatic carbocycles. The SMILES string of the molecule is CCC(N)c1c(F)cc(F)cc1F. The molecule has 13 heavy (non-hydrogen) atoms. The Morgan fingerprint density at radius 2 is 1.69 bits per heavy atom. The van der Waals surface area contributed by atoms with Crippen LogP contribution >= 0.6 is 0 Å². The van der Waals surface area contributed by atoms with Gasteiger partial charge >= 0.3 is 0 Å². The quantitative estimate of drug-likeness (QED) is 0.760. The van der Waals surface area contributed by atoms with Gasteiger partial charge in [-0.25, -0.2) is 13.2 Å². The number of benzene rings is 1. The summed E-state index contributed by atoms with van der Waals surface area (Å²) in [6.45, 7) is 1.70. The minimum Gasteiger partial charge on any atom is -0.324 e. The molecule has 1 unspecified atom stereocenters. The van der Waals surface area contributed by atoms with E-state index in [4.69, 9.17) is 5.73 Å². The molecule has 1 aromatic carbocycles. The Labute approximate surface area is 74.4 Å². The molecule has 0 saturated carbocycles. The maximum Gasteiger partial charge on any atom is 0.133 e. The minimum absolute atomic E-state index is 0.246. The lowest BCUT2D eigenvalue weighted by Gasteiger charge is -2.11. The third kappa shape index (κ3) is 2.01. The fraction of sp³-hybridized carbons (Fsp3) is 0.333. The first-order chi connectivity index (χ1) is 6.06. The normalized spacial score (nSPS) is 13.0. The zero-order chi connectivity index (χ0) is 10.0. The summed E-state index contributed by atoms with van der Waals surface area (Å²) in [7, 11) is 0. The molecule has 2 N–H and O–H groups in total. The monoisotopic (exact) mass is 189 g/mol. The first kappa shape index (κ1) is 10.1. The highest BCUT2D eigenvalue weighted by Crippen LogP contribution is 2.22. The van der Waals surface area contributed by atoms with E-state index in [9.17, 15) is 13.2 Å². The molecule has 0 saturated heterocycles. The van der Waals surface area contributed by atoms with Crippen molar-refractivity contribution < 1.29 is 13.2 Å². The smallest absolute Gasteiger partial charge is 0.133 e. The molecule has 72 valence electrons. The highest BCUT2D eigenvalue weighted by atomic mass is 19.1. The van der Waals surface area contributed by atoms with E-state index < -0.39 is 23.5 Å². The summed E-state index contributed by atoms with van der Waals surface area (Å²) in [5.74, 6) is -2.78. The Morgan fingerprint density at radius 1 is 1.23 bits per heavy atom. The van der Waals surface area contributed by atoms with E-state index in [1.165, 1.54) is 0 Å². The van der Waals surface area contributed by atoms with Crippen LogP contribution in [0.1, 0.15) is 24.9 Å². The summed E-state index contributed by atoms with van der Waals surface area (Å²) < 4.78 is 38.4. The molecule has 4 heteroatoms. The van der Waals surface area contributed by atoms with Gasteiger partial charge in [-0.1, -0.05) is 6.92 Å². The van der Waals surface area contributed by atoms with Crippen LogP contribution in [-0.4, -0.2) is 0 Å². The highest BCUT2D eigenvalue weighted by molar-refractivity contribution is 5.23. The standard InChI is InChI=1S/C9H10F3N/c1-2-8(13)9-6(11)3-5(10)4-7(9)12/h3-4,8H,2,13H2,1H3. The predicted molar refractivity (Wildman–Crippen MR) is 43.5 cm³/mol. The summed E-state index contributed by atoms with van der Waals surface area (Å²) in [6.07, 6.45) is 0.402. The zero-order valence-electron chi connectivity index (χ0n) is 7.15. The summed E-state index contributed by atoms with van der Waals surface area (Å²) >= 11 is 0. The lowest BCUT2D eigenvalue weighted by Crippen LogP contribution is -2.13. The number of hydrogen-bond donors (Lipinski definition) is 1. The number of nitrogens with two attached hydrogens (primary N) is 1. The van der Waals surface area contributed by atoms with Crippen LogP contribution in [0.25, 0.3) is 0 Å². The van der Waals surface area contributed by atoms with Crippen molar-refractivity contribution in [3.63, 3.8) is 0 Å². The topological polar surface area (TPSA) is 26.0 Å². The third-order valence-electron chi connectivity index (χ3n) is 1.85. The van der Waals surface area contributed by atoms with Crippen molar-refractivity contribution in [2.75, 3.05) is 0 Å². The fourth-order valence-corrected chi connectivity index (χ4v) is 1.11. The van der Waals surface area contributed by atoms with Crippen molar-refractivity contribution in [2.24, 2.45) is 5.73 Å². The van der Waals surface area contributed by atoms with E-state index in [1.54, 1.807) is 6.92 Å². The van der Waals surface area contributed by atoms with Gasteiger partial charge in [-0.05, 0) is 6.42 Å². The Hall–Kier alpha value is -1.03. The summed E-state index contributed by atoms with van der Waals surface area (Å²) in [5, 5.41) is 0. The number of hydrogen-bond acceptors (Lipinski definition) is 1. The number of halogens is 3. The maximum absolute atomic E-state index is 13.0. The molecular weight excluding hydrogens is 179 g/mol. The summed E-state index contributed by atoms with van der Waals surface area (Å²) in [6, 6.07) is 0.544. The number of rotatable bonds is 2. The van der Waals surface area contributed by atoms with Crippen LogP contribution in [0.3, 0.4) is 0 Å². The third-order valence-corrected chi connectivity index (χ3v) is 1.85. The molecule has 0 aliphatic rings. The van der Waals surface area contributed by atoms with Crippen molar-refractivity contribution in [1.82, 2.24) is 0 Å². The van der Waals surface area contributed by atoms with Gasteiger partial charge in [0.25, 0.3) is 0 Å². The van der Waals surface area contributed by atoms with Crippen LogP contribution in [0.2, 0.25) is 0 Å². The molecule has 1 aromatic rings. The fourth-order valence-electron chi connectivity index (χ4n) is 1.11. The van der Waals surface area contributed by atoms with Crippen molar-refractivity contribution in [3.8, 4) is 0 Å². The van der Waals surface area contributed by atoms with Crippen LogP contribution in [0, 0.1) is 17.5 Å². The van der Waals surface area contributed by atoms with Gasteiger partial charge < -0.3 is 5.73 Å². The van der Waals surface area contributed by atoms with Crippen LogP contribution in [0.4, 0.5) is 13.2 Å². The zero-order valence-corrected chi connectivity index (χ0v) is 7.15. The van der Waals surface area contributed by atoms with E-state index in [1.807, 2.05) is 0 Å². The van der Waals surface area contributed by atoms with Crippen molar-refractivity contribution >= 4 is 0 Å². The summed E-state index contributed by atoms with van der Waals surface area (Å²) in [5.41, 5.74) is 5.20. The molecule has 1 atom stereocenters. The Bertz CT molecular complexity index is 289. The van der Waals surface area contributed by atoms with E-state index in [-0.39, 0.29) is 5.56 Å². The Morgan fingerprint density at radius 3 is 2.08 bits per heavy atom. The molecule has 0 spiro atoms. The van der Waals surface area contributed by atoms with Crippen LogP contribution in [0.15, 0.2) is 12.1 Å². The molecule has 0 aromatic heterocycles. The second-order valence-corrected chi connectivity index (χ2v) is 2.80. The van der Waals surface area contributed by atoms with E-state index in [2.05, 4.69) is 0 Å². The molecule has 0 fully saturated rings. The maximum atomic E-state index is 13.0. The van der Waals surface area contributed by atoms with E-state index in [0.29, 0.717) is 18.6 Å². The van der Waals surface area contributed by atoms with Crippen LogP contribution in [0.5, 0.6) is 0 Å². The average Bonchev–Trinajstić information content (AvgIpc) is 2.02. The average molecular weight is 189 g/mol. The van der Waals surface area contributed by atoms with Gasteiger partial charge in [0.05, 0.1) is 0 Å². The van der Waals surface area contributed by atoms with Gasteiger partial charge in [-0.15, -0.1) is 0 Å². The molecule has 0 radical (unpaired) electrons. The van der Waals surface area contributed by atoms with Gasteiger partial charge in [0, 0.05) is 23.7 Å².